The highest BCUT2D eigenvalue weighted by Gasteiger charge is 2.20. The standard InChI is InChI=1S/C14H18N4O3/c19-12(17-11-4-6-15-7-5-11)2-1-3-14(21)18-9-8-16-13(20)10-18/h4-7H,1-3,8-10H2,(H,16,20)(H,15,17,19). The summed E-state index contributed by atoms with van der Waals surface area (Å²) in [5, 5.41) is 5.40. The zero-order valence-corrected chi connectivity index (χ0v) is 11.7. The number of nitrogens with one attached hydrogen (secondary N) is 2. The first-order valence-corrected chi connectivity index (χ1v) is 6.89. The van der Waals surface area contributed by atoms with E-state index in [9.17, 15) is 14.4 Å². The van der Waals surface area contributed by atoms with Crippen molar-refractivity contribution in [2.75, 3.05) is 25.0 Å². The Morgan fingerprint density at radius 2 is 2.05 bits per heavy atom. The molecule has 3 amide bonds. The van der Waals surface area contributed by atoms with Crippen LogP contribution >= 0.6 is 0 Å². The van der Waals surface area contributed by atoms with E-state index in [1.807, 2.05) is 0 Å². The van der Waals surface area contributed by atoms with Gasteiger partial charge in [-0.1, -0.05) is 0 Å². The number of amides is 3. The van der Waals surface area contributed by atoms with Gasteiger partial charge in [0.15, 0.2) is 0 Å². The Kier molecular flexibility index (Phi) is 5.25. The molecule has 7 nitrogen and oxygen atoms in total. The van der Waals surface area contributed by atoms with E-state index in [0.29, 0.717) is 25.2 Å². The van der Waals surface area contributed by atoms with Gasteiger partial charge in [0.25, 0.3) is 0 Å². The van der Waals surface area contributed by atoms with Crippen molar-refractivity contribution in [3.05, 3.63) is 24.5 Å². The van der Waals surface area contributed by atoms with E-state index < -0.39 is 0 Å². The van der Waals surface area contributed by atoms with Crippen molar-refractivity contribution in [2.24, 2.45) is 0 Å². The number of rotatable bonds is 5. The largest absolute Gasteiger partial charge is 0.353 e. The van der Waals surface area contributed by atoms with Gasteiger partial charge in [-0.25, -0.2) is 0 Å². The second-order valence-electron chi connectivity index (χ2n) is 4.80. The Bertz CT molecular complexity index is 518. The second kappa shape index (κ2) is 7.37. The fraction of sp³-hybridized carbons (Fsp3) is 0.429. The van der Waals surface area contributed by atoms with Crippen LogP contribution in [0.2, 0.25) is 0 Å². The van der Waals surface area contributed by atoms with Crippen molar-refractivity contribution in [2.45, 2.75) is 19.3 Å². The normalized spacial score (nSPS) is 14.5. The van der Waals surface area contributed by atoms with Crippen molar-refractivity contribution in [1.82, 2.24) is 15.2 Å². The predicted octanol–water partition coefficient (Wildman–Crippen LogP) is 0.149. The lowest BCUT2D eigenvalue weighted by molar-refractivity contribution is -0.138. The van der Waals surface area contributed by atoms with Crippen LogP contribution in [0.25, 0.3) is 0 Å². The molecule has 2 N–H and O–H groups in total. The highest BCUT2D eigenvalue weighted by molar-refractivity contribution is 5.91. The monoisotopic (exact) mass is 290 g/mol. The smallest absolute Gasteiger partial charge is 0.239 e. The van der Waals surface area contributed by atoms with E-state index in [1.165, 1.54) is 4.90 Å². The van der Waals surface area contributed by atoms with E-state index in [4.69, 9.17) is 0 Å². The molecule has 2 heterocycles. The molecule has 0 aliphatic carbocycles. The molecule has 0 atom stereocenters. The van der Waals surface area contributed by atoms with Gasteiger partial charge in [-0.15, -0.1) is 0 Å². The molecule has 112 valence electrons. The number of piperazine rings is 1. The van der Waals surface area contributed by atoms with Crippen LogP contribution in [0.1, 0.15) is 19.3 Å². The van der Waals surface area contributed by atoms with Crippen LogP contribution in [0.3, 0.4) is 0 Å². The Hall–Kier alpha value is -2.44. The molecular weight excluding hydrogens is 272 g/mol. The zero-order chi connectivity index (χ0) is 15.1. The third kappa shape index (κ3) is 4.87. The van der Waals surface area contributed by atoms with Gasteiger partial charge < -0.3 is 15.5 Å². The van der Waals surface area contributed by atoms with E-state index in [-0.39, 0.29) is 37.1 Å². The van der Waals surface area contributed by atoms with Crippen LogP contribution < -0.4 is 10.6 Å². The number of pyridine rings is 1. The van der Waals surface area contributed by atoms with Gasteiger partial charge >= 0.3 is 0 Å². The maximum atomic E-state index is 11.9. The fourth-order valence-electron chi connectivity index (χ4n) is 2.07. The van der Waals surface area contributed by atoms with Gasteiger partial charge in [-0.3, -0.25) is 19.4 Å². The Balaban J connectivity index is 1.67. The second-order valence-corrected chi connectivity index (χ2v) is 4.80. The van der Waals surface area contributed by atoms with Gasteiger partial charge in [0.2, 0.25) is 17.7 Å². The van der Waals surface area contributed by atoms with E-state index in [1.54, 1.807) is 24.5 Å². The molecule has 0 saturated carbocycles. The Morgan fingerprint density at radius 3 is 2.76 bits per heavy atom. The van der Waals surface area contributed by atoms with Crippen molar-refractivity contribution >= 4 is 23.4 Å². The fourth-order valence-corrected chi connectivity index (χ4v) is 2.07. The molecule has 1 fully saturated rings. The molecule has 1 saturated heterocycles. The third-order valence-corrected chi connectivity index (χ3v) is 3.15. The predicted molar refractivity (Wildman–Crippen MR) is 76.3 cm³/mol. The molecule has 7 heteroatoms. The molecule has 0 radical (unpaired) electrons. The molecule has 0 unspecified atom stereocenters. The SMILES string of the molecule is O=C1CN(C(=O)CCCC(=O)Nc2ccncc2)CCN1. The third-order valence-electron chi connectivity index (χ3n) is 3.15. The quantitative estimate of drug-likeness (QED) is 0.807. The van der Waals surface area contributed by atoms with Crippen molar-refractivity contribution < 1.29 is 14.4 Å². The number of anilines is 1. The maximum Gasteiger partial charge on any atom is 0.239 e. The van der Waals surface area contributed by atoms with Crippen molar-refractivity contribution in [3.63, 3.8) is 0 Å². The van der Waals surface area contributed by atoms with Crippen LogP contribution in [-0.2, 0) is 14.4 Å². The van der Waals surface area contributed by atoms with Crippen LogP contribution in [-0.4, -0.2) is 47.2 Å². The van der Waals surface area contributed by atoms with Gasteiger partial charge in [0, 0.05) is 44.0 Å². The average Bonchev–Trinajstić information content (AvgIpc) is 2.48. The lowest BCUT2D eigenvalue weighted by Crippen LogP contribution is -2.49. The maximum absolute atomic E-state index is 11.9. The highest BCUT2D eigenvalue weighted by Crippen LogP contribution is 2.07. The number of hydrogen-bond donors (Lipinski definition) is 2. The van der Waals surface area contributed by atoms with Gasteiger partial charge in [0.05, 0.1) is 6.54 Å². The van der Waals surface area contributed by atoms with E-state index in [0.717, 1.165) is 0 Å². The zero-order valence-electron chi connectivity index (χ0n) is 11.7. The number of hydrogen-bond acceptors (Lipinski definition) is 4. The molecule has 1 aromatic heterocycles. The van der Waals surface area contributed by atoms with Gasteiger partial charge in [-0.05, 0) is 18.6 Å². The number of nitrogens with zero attached hydrogens (tertiary/aromatic N) is 2. The molecule has 0 bridgehead atoms. The molecule has 21 heavy (non-hydrogen) atoms. The summed E-state index contributed by atoms with van der Waals surface area (Å²) >= 11 is 0. The summed E-state index contributed by atoms with van der Waals surface area (Å²) in [6, 6.07) is 3.41. The van der Waals surface area contributed by atoms with E-state index in [2.05, 4.69) is 15.6 Å². The lowest BCUT2D eigenvalue weighted by Gasteiger charge is -2.26. The number of aromatic nitrogens is 1. The summed E-state index contributed by atoms with van der Waals surface area (Å²) in [6.45, 7) is 1.14. The Labute approximate surface area is 122 Å². The minimum absolute atomic E-state index is 0.0819. The van der Waals surface area contributed by atoms with Crippen molar-refractivity contribution in [1.29, 1.82) is 0 Å². The van der Waals surface area contributed by atoms with Crippen LogP contribution in [0, 0.1) is 0 Å². The first kappa shape index (κ1) is 15.0. The molecule has 2 rings (SSSR count). The summed E-state index contributed by atoms with van der Waals surface area (Å²) < 4.78 is 0. The van der Waals surface area contributed by atoms with Crippen LogP contribution in [0.4, 0.5) is 5.69 Å². The molecule has 1 aliphatic rings. The summed E-state index contributed by atoms with van der Waals surface area (Å²) in [5.41, 5.74) is 0.689. The van der Waals surface area contributed by atoms with Crippen LogP contribution in [0.5, 0.6) is 0 Å². The molecular formula is C14H18N4O3. The summed E-state index contributed by atoms with van der Waals surface area (Å²) in [6.07, 6.45) is 4.21. The molecule has 0 aromatic carbocycles. The summed E-state index contributed by atoms with van der Waals surface area (Å²) in [5.74, 6) is -0.350. The molecule has 0 spiro atoms. The first-order valence-electron chi connectivity index (χ1n) is 6.89. The van der Waals surface area contributed by atoms with Gasteiger partial charge in [0.1, 0.15) is 0 Å². The topological polar surface area (TPSA) is 91.4 Å². The minimum Gasteiger partial charge on any atom is -0.353 e. The van der Waals surface area contributed by atoms with Gasteiger partial charge in [-0.2, -0.15) is 0 Å². The highest BCUT2D eigenvalue weighted by atomic mass is 16.2. The summed E-state index contributed by atoms with van der Waals surface area (Å²) in [4.78, 5) is 40.2. The van der Waals surface area contributed by atoms with E-state index >= 15 is 0 Å². The Morgan fingerprint density at radius 1 is 1.29 bits per heavy atom. The summed E-state index contributed by atoms with van der Waals surface area (Å²) in [7, 11) is 0. The molecule has 1 aliphatic heterocycles. The average molecular weight is 290 g/mol. The van der Waals surface area contributed by atoms with Crippen molar-refractivity contribution in [3.8, 4) is 0 Å². The lowest BCUT2D eigenvalue weighted by atomic mass is 10.2. The number of carbonyl (C=O) groups excluding carboxylic acids is 3. The number of carbonyl (C=O) groups is 3. The first-order chi connectivity index (χ1) is 10.1. The molecule has 1 aromatic rings. The van der Waals surface area contributed by atoms with Crippen LogP contribution in [0.15, 0.2) is 24.5 Å². The minimum atomic E-state index is -0.134.